The Hall–Kier alpha value is -1.57. The monoisotopic (exact) mass is 383 g/mol. The minimum Gasteiger partial charge on any atom is -0.326 e. The molecule has 2 heterocycles. The first-order chi connectivity index (χ1) is 11.6. The van der Waals surface area contributed by atoms with E-state index in [0.717, 1.165) is 29.3 Å². The summed E-state index contributed by atoms with van der Waals surface area (Å²) in [6, 6.07) is 7.52. The van der Waals surface area contributed by atoms with Gasteiger partial charge < -0.3 is 10.6 Å². The fourth-order valence-corrected chi connectivity index (χ4v) is 3.81. The van der Waals surface area contributed by atoms with Gasteiger partial charge in [0.2, 0.25) is 17.7 Å². The van der Waals surface area contributed by atoms with Crippen molar-refractivity contribution in [3.05, 3.63) is 29.8 Å². The molecule has 3 amide bonds. The van der Waals surface area contributed by atoms with Crippen LogP contribution in [0.5, 0.6) is 0 Å². The molecule has 0 aliphatic carbocycles. The van der Waals surface area contributed by atoms with E-state index in [4.69, 9.17) is 0 Å². The lowest BCUT2D eigenvalue weighted by molar-refractivity contribution is -0.139. The molecule has 2 saturated heterocycles. The second kappa shape index (κ2) is 9.22. The molecule has 2 aliphatic heterocycles. The summed E-state index contributed by atoms with van der Waals surface area (Å²) < 4.78 is 0. The summed E-state index contributed by atoms with van der Waals surface area (Å²) in [4.78, 5) is 36.6. The molecule has 25 heavy (non-hydrogen) atoms. The van der Waals surface area contributed by atoms with Crippen molar-refractivity contribution in [2.45, 2.75) is 31.8 Å². The van der Waals surface area contributed by atoms with Crippen LogP contribution in [0.4, 0.5) is 5.69 Å². The number of carbonyl (C=O) groups is 3. The van der Waals surface area contributed by atoms with Crippen LogP contribution < -0.4 is 10.6 Å². The van der Waals surface area contributed by atoms with Crippen molar-refractivity contribution in [2.75, 3.05) is 23.4 Å². The molecule has 0 spiro atoms. The number of nitrogens with one attached hydrogen (secondary N) is 2. The number of hydrogen-bond acceptors (Lipinski definition) is 5. The number of likely N-dealkylation sites (tertiary alicyclic amines) is 1. The summed E-state index contributed by atoms with van der Waals surface area (Å²) in [6.07, 6.45) is 1.08. The van der Waals surface area contributed by atoms with Crippen LogP contribution in [0.15, 0.2) is 24.3 Å². The first-order valence-electron chi connectivity index (χ1n) is 8.15. The fraction of sp³-hybridized carbons (Fsp3) is 0.471. The van der Waals surface area contributed by atoms with Crippen molar-refractivity contribution < 1.29 is 14.4 Å². The average Bonchev–Trinajstić information content (AvgIpc) is 2.89. The van der Waals surface area contributed by atoms with Crippen LogP contribution in [0.1, 0.15) is 24.8 Å². The Morgan fingerprint density at radius 3 is 2.48 bits per heavy atom. The zero-order valence-electron chi connectivity index (χ0n) is 13.8. The van der Waals surface area contributed by atoms with Gasteiger partial charge in [0.25, 0.3) is 0 Å². The van der Waals surface area contributed by atoms with E-state index in [2.05, 4.69) is 10.6 Å². The van der Waals surface area contributed by atoms with Gasteiger partial charge in [0, 0.05) is 49.0 Å². The Morgan fingerprint density at radius 2 is 1.88 bits per heavy atom. The van der Waals surface area contributed by atoms with Gasteiger partial charge in [-0.1, -0.05) is 12.1 Å². The van der Waals surface area contributed by atoms with Crippen LogP contribution in [0.25, 0.3) is 0 Å². The molecule has 2 aliphatic rings. The van der Waals surface area contributed by atoms with Crippen LogP contribution in [-0.4, -0.2) is 46.7 Å². The normalized spacial score (nSPS) is 20.3. The van der Waals surface area contributed by atoms with Crippen LogP contribution in [0, 0.1) is 0 Å². The third-order valence-electron chi connectivity index (χ3n) is 4.16. The Morgan fingerprint density at radius 1 is 1.20 bits per heavy atom. The Labute approximate surface area is 157 Å². The summed E-state index contributed by atoms with van der Waals surface area (Å²) in [5, 5.41) is 6.23. The predicted octanol–water partition coefficient (Wildman–Crippen LogP) is 1.79. The van der Waals surface area contributed by atoms with Crippen LogP contribution in [0.3, 0.4) is 0 Å². The molecular formula is C17H22ClN3O3S. The standard InChI is InChI=1S/C17H21N3O3S.ClH/c21-15(9-14-11-24-8-7-18-14)19-13-3-1-12(2-4-13)10-20-16(22)5-6-17(20)23;/h1-4,14,18H,5-11H2,(H,19,21);1H. The van der Waals surface area contributed by atoms with E-state index < -0.39 is 0 Å². The number of amides is 3. The molecule has 2 N–H and O–H groups in total. The molecule has 0 radical (unpaired) electrons. The summed E-state index contributed by atoms with van der Waals surface area (Å²) in [5.74, 6) is 1.82. The van der Waals surface area contributed by atoms with E-state index in [9.17, 15) is 14.4 Å². The Kier molecular flexibility index (Phi) is 7.28. The van der Waals surface area contributed by atoms with E-state index in [0.29, 0.717) is 25.8 Å². The van der Waals surface area contributed by atoms with Crippen molar-refractivity contribution >= 4 is 47.6 Å². The van der Waals surface area contributed by atoms with Crippen LogP contribution >= 0.6 is 24.2 Å². The molecule has 0 saturated carbocycles. The van der Waals surface area contributed by atoms with E-state index in [1.807, 2.05) is 23.9 Å². The molecule has 136 valence electrons. The van der Waals surface area contributed by atoms with Gasteiger partial charge in [-0.15, -0.1) is 12.4 Å². The number of imide groups is 1. The lowest BCUT2D eigenvalue weighted by Gasteiger charge is -2.22. The molecule has 2 fully saturated rings. The van der Waals surface area contributed by atoms with Gasteiger partial charge in [0.15, 0.2) is 0 Å². The molecule has 6 nitrogen and oxygen atoms in total. The van der Waals surface area contributed by atoms with Gasteiger partial charge >= 0.3 is 0 Å². The van der Waals surface area contributed by atoms with E-state index in [-0.39, 0.29) is 36.2 Å². The van der Waals surface area contributed by atoms with Gasteiger partial charge in [0.05, 0.1) is 6.54 Å². The lowest BCUT2D eigenvalue weighted by Crippen LogP contribution is -2.39. The third-order valence-corrected chi connectivity index (χ3v) is 5.29. The number of anilines is 1. The predicted molar refractivity (Wildman–Crippen MR) is 101 cm³/mol. The highest BCUT2D eigenvalue weighted by Crippen LogP contribution is 2.18. The highest BCUT2D eigenvalue weighted by Gasteiger charge is 2.28. The average molecular weight is 384 g/mol. The van der Waals surface area contributed by atoms with Crippen molar-refractivity contribution in [2.24, 2.45) is 0 Å². The second-order valence-electron chi connectivity index (χ2n) is 6.05. The highest BCUT2D eigenvalue weighted by molar-refractivity contribution is 7.99. The van der Waals surface area contributed by atoms with Crippen molar-refractivity contribution in [1.29, 1.82) is 0 Å². The number of rotatable bonds is 5. The van der Waals surface area contributed by atoms with Crippen LogP contribution in [0.2, 0.25) is 0 Å². The van der Waals surface area contributed by atoms with Gasteiger partial charge in [0.1, 0.15) is 0 Å². The zero-order chi connectivity index (χ0) is 16.9. The highest BCUT2D eigenvalue weighted by atomic mass is 35.5. The number of nitrogens with zero attached hydrogens (tertiary/aromatic N) is 1. The molecule has 1 aromatic rings. The second-order valence-corrected chi connectivity index (χ2v) is 7.20. The quantitative estimate of drug-likeness (QED) is 0.758. The third kappa shape index (κ3) is 5.45. The first kappa shape index (κ1) is 19.8. The summed E-state index contributed by atoms with van der Waals surface area (Å²) in [6.45, 7) is 1.25. The maximum absolute atomic E-state index is 12.1. The number of thioether (sulfide) groups is 1. The van der Waals surface area contributed by atoms with E-state index in [1.165, 1.54) is 4.90 Å². The molecule has 0 bridgehead atoms. The first-order valence-corrected chi connectivity index (χ1v) is 9.30. The minimum absolute atomic E-state index is 0. The molecule has 0 aromatic heterocycles. The van der Waals surface area contributed by atoms with Gasteiger partial charge in [-0.3, -0.25) is 19.3 Å². The summed E-state index contributed by atoms with van der Waals surface area (Å²) in [7, 11) is 0. The van der Waals surface area contributed by atoms with Crippen molar-refractivity contribution in [3.8, 4) is 0 Å². The molecule has 3 rings (SSSR count). The van der Waals surface area contributed by atoms with Crippen molar-refractivity contribution in [3.63, 3.8) is 0 Å². The SMILES string of the molecule is Cl.O=C(CC1CSCCN1)Nc1ccc(CN2C(=O)CCC2=O)cc1. The zero-order valence-corrected chi connectivity index (χ0v) is 15.5. The van der Waals surface area contributed by atoms with Gasteiger partial charge in [-0.25, -0.2) is 0 Å². The molecule has 1 unspecified atom stereocenters. The molecular weight excluding hydrogens is 362 g/mol. The Balaban J connectivity index is 0.00000225. The van der Waals surface area contributed by atoms with E-state index in [1.54, 1.807) is 12.1 Å². The van der Waals surface area contributed by atoms with E-state index >= 15 is 0 Å². The molecule has 1 aromatic carbocycles. The lowest BCUT2D eigenvalue weighted by atomic mass is 10.1. The summed E-state index contributed by atoms with van der Waals surface area (Å²) in [5.41, 5.74) is 1.60. The maximum atomic E-state index is 12.1. The number of halogens is 1. The van der Waals surface area contributed by atoms with Crippen LogP contribution in [-0.2, 0) is 20.9 Å². The van der Waals surface area contributed by atoms with Gasteiger partial charge in [-0.05, 0) is 17.7 Å². The molecule has 1 atom stereocenters. The molecule has 8 heteroatoms. The topological polar surface area (TPSA) is 78.5 Å². The fourth-order valence-electron chi connectivity index (χ4n) is 2.86. The number of carbonyl (C=O) groups excluding carboxylic acids is 3. The number of benzene rings is 1. The largest absolute Gasteiger partial charge is 0.326 e. The smallest absolute Gasteiger partial charge is 0.229 e. The maximum Gasteiger partial charge on any atom is 0.229 e. The Bertz CT molecular complexity index is 617. The van der Waals surface area contributed by atoms with Gasteiger partial charge in [-0.2, -0.15) is 11.8 Å². The number of hydrogen-bond donors (Lipinski definition) is 2. The minimum atomic E-state index is -0.116. The summed E-state index contributed by atoms with van der Waals surface area (Å²) >= 11 is 1.87. The van der Waals surface area contributed by atoms with Crippen molar-refractivity contribution in [1.82, 2.24) is 10.2 Å².